The summed E-state index contributed by atoms with van der Waals surface area (Å²) in [5.74, 6) is 0. The lowest BCUT2D eigenvalue weighted by molar-refractivity contribution is 0.604. The second kappa shape index (κ2) is 21.7. The lowest BCUT2D eigenvalue weighted by atomic mass is 10.1. The molecule has 0 saturated carbocycles. The summed E-state index contributed by atoms with van der Waals surface area (Å²) < 4.78 is 5.48. The summed E-state index contributed by atoms with van der Waals surface area (Å²) in [6.45, 7) is 16.0. The Morgan fingerprint density at radius 1 is 0.630 bits per heavy atom. The van der Waals surface area contributed by atoms with Crippen LogP contribution in [-0.4, -0.2) is 0 Å². The van der Waals surface area contributed by atoms with Gasteiger partial charge in [0.25, 0.3) is 0 Å². The summed E-state index contributed by atoms with van der Waals surface area (Å²) in [7, 11) is 0. The van der Waals surface area contributed by atoms with E-state index >= 15 is 0 Å². The van der Waals surface area contributed by atoms with E-state index in [2.05, 4.69) is 0 Å². The van der Waals surface area contributed by atoms with E-state index in [0.29, 0.717) is 16.5 Å². The predicted molar refractivity (Wildman–Crippen MR) is 127 cm³/mol. The van der Waals surface area contributed by atoms with Gasteiger partial charge in [-0.25, -0.2) is 0 Å². The molecule has 2 nitrogen and oxygen atoms in total. The van der Waals surface area contributed by atoms with E-state index in [0.717, 1.165) is 5.56 Å². The van der Waals surface area contributed by atoms with Gasteiger partial charge in [0.1, 0.15) is 11.8 Å². The lowest BCUT2D eigenvalue weighted by Crippen LogP contribution is -2.04. The molecule has 1 heterocycles. The Kier molecular flexibility index (Phi) is 26.0. The van der Waals surface area contributed by atoms with Gasteiger partial charge < -0.3 is 4.42 Å². The fourth-order valence-corrected chi connectivity index (χ4v) is 1.89. The molecule has 1 aromatic heterocycles. The zero-order chi connectivity index (χ0) is 19.7. The summed E-state index contributed by atoms with van der Waals surface area (Å²) in [5.41, 5.74) is 2.12. The van der Waals surface area contributed by atoms with Crippen LogP contribution in [-0.2, 0) is 0 Å². The summed E-state index contributed by atoms with van der Waals surface area (Å²) in [4.78, 5) is 12.3. The molecule has 0 saturated heterocycles. The third-order valence-corrected chi connectivity index (χ3v) is 2.76. The molecular formula is C25H42O2. The highest BCUT2D eigenvalue weighted by Crippen LogP contribution is 2.18. The third kappa shape index (κ3) is 9.79. The molecule has 2 heteroatoms. The van der Waals surface area contributed by atoms with E-state index in [1.54, 1.807) is 12.1 Å². The Labute approximate surface area is 168 Å². The van der Waals surface area contributed by atoms with Gasteiger partial charge in [-0.1, -0.05) is 113 Å². The fourth-order valence-electron chi connectivity index (χ4n) is 1.89. The van der Waals surface area contributed by atoms with Crippen molar-refractivity contribution in [2.24, 2.45) is 0 Å². The molecule has 0 amide bonds. The van der Waals surface area contributed by atoms with Crippen molar-refractivity contribution in [1.82, 2.24) is 0 Å². The molecule has 0 radical (unpaired) electrons. The quantitative estimate of drug-likeness (QED) is 0.426. The third-order valence-electron chi connectivity index (χ3n) is 2.76. The summed E-state index contributed by atoms with van der Waals surface area (Å²) in [6.07, 6.45) is 1.53. The fraction of sp³-hybridized carbons (Fsp3) is 0.400. The van der Waals surface area contributed by atoms with Crippen LogP contribution in [0.4, 0.5) is 0 Å². The standard InChI is InChI=1S/C15H10O2.4C2H6.2CH4/c16-15-12-8-4-5-9-14(12)17-10-13(15)11-6-2-1-3-7-11;4*1-2;;/h1-10H;4*1-2H3;2*1H4. The van der Waals surface area contributed by atoms with E-state index in [-0.39, 0.29) is 20.3 Å². The molecule has 2 aromatic carbocycles. The van der Waals surface area contributed by atoms with Crippen LogP contribution in [0.3, 0.4) is 0 Å². The Bertz CT molecular complexity index is 713. The van der Waals surface area contributed by atoms with Gasteiger partial charge in [-0.15, -0.1) is 0 Å². The van der Waals surface area contributed by atoms with Crippen LogP contribution in [0.1, 0.15) is 70.2 Å². The molecule has 154 valence electrons. The largest absolute Gasteiger partial charge is 0.463 e. The molecule has 27 heavy (non-hydrogen) atoms. The van der Waals surface area contributed by atoms with Crippen LogP contribution >= 0.6 is 0 Å². The van der Waals surface area contributed by atoms with Gasteiger partial charge in [0.15, 0.2) is 5.43 Å². The zero-order valence-corrected chi connectivity index (χ0v) is 17.1. The van der Waals surface area contributed by atoms with Crippen molar-refractivity contribution in [2.45, 2.75) is 70.2 Å². The summed E-state index contributed by atoms with van der Waals surface area (Å²) >= 11 is 0. The highest BCUT2D eigenvalue weighted by Gasteiger charge is 2.07. The van der Waals surface area contributed by atoms with Gasteiger partial charge in [0.2, 0.25) is 0 Å². The average Bonchev–Trinajstić information content (AvgIpc) is 2.75. The topological polar surface area (TPSA) is 30.2 Å². The normalized spacial score (nSPS) is 7.56. The Morgan fingerprint density at radius 3 is 1.59 bits per heavy atom. The molecule has 0 spiro atoms. The minimum absolute atomic E-state index is 0. The second-order valence-corrected chi connectivity index (χ2v) is 3.84. The van der Waals surface area contributed by atoms with Gasteiger partial charge >= 0.3 is 0 Å². The van der Waals surface area contributed by atoms with Gasteiger partial charge in [-0.2, -0.15) is 0 Å². The monoisotopic (exact) mass is 374 g/mol. The molecule has 0 unspecified atom stereocenters. The van der Waals surface area contributed by atoms with Crippen LogP contribution in [0.2, 0.25) is 0 Å². The molecule has 0 aliphatic rings. The van der Waals surface area contributed by atoms with Crippen LogP contribution in [0.5, 0.6) is 0 Å². The molecule has 0 fully saturated rings. The lowest BCUT2D eigenvalue weighted by Gasteiger charge is -2.01. The summed E-state index contributed by atoms with van der Waals surface area (Å²) in [6, 6.07) is 16.8. The number of para-hydroxylation sites is 1. The SMILES string of the molecule is C.C.CC.CC.CC.CC.O=c1c(-c2ccccc2)coc2ccccc12. The van der Waals surface area contributed by atoms with E-state index < -0.39 is 0 Å². The van der Waals surface area contributed by atoms with Crippen molar-refractivity contribution < 1.29 is 4.42 Å². The first-order valence-corrected chi connectivity index (χ1v) is 9.42. The molecule has 3 rings (SSSR count). The highest BCUT2D eigenvalue weighted by atomic mass is 16.3. The molecule has 0 N–H and O–H groups in total. The van der Waals surface area contributed by atoms with Crippen LogP contribution in [0.15, 0.2) is 70.1 Å². The van der Waals surface area contributed by atoms with E-state index in [9.17, 15) is 4.79 Å². The van der Waals surface area contributed by atoms with Crippen LogP contribution in [0, 0.1) is 0 Å². The maximum Gasteiger partial charge on any atom is 0.200 e. The number of hydrogen-bond donors (Lipinski definition) is 0. The first kappa shape index (κ1) is 32.3. The molecule has 0 aliphatic carbocycles. The number of rotatable bonds is 1. The first-order chi connectivity index (χ1) is 12.4. The van der Waals surface area contributed by atoms with Gasteiger partial charge in [0, 0.05) is 0 Å². The Morgan fingerprint density at radius 2 is 1.07 bits per heavy atom. The molecule has 0 atom stereocenters. The molecule has 3 aromatic rings. The van der Waals surface area contributed by atoms with Crippen LogP contribution < -0.4 is 5.43 Å². The molecular weight excluding hydrogens is 332 g/mol. The smallest absolute Gasteiger partial charge is 0.200 e. The maximum atomic E-state index is 12.3. The van der Waals surface area contributed by atoms with Gasteiger partial charge in [0.05, 0.1) is 10.9 Å². The highest BCUT2D eigenvalue weighted by molar-refractivity contribution is 5.81. The van der Waals surface area contributed by atoms with Crippen molar-refractivity contribution in [3.63, 3.8) is 0 Å². The van der Waals surface area contributed by atoms with E-state index in [1.807, 2.05) is 97.9 Å². The minimum atomic E-state index is 0. The van der Waals surface area contributed by atoms with Crippen molar-refractivity contribution in [1.29, 1.82) is 0 Å². The van der Waals surface area contributed by atoms with Crippen molar-refractivity contribution >= 4 is 11.0 Å². The zero-order valence-electron chi connectivity index (χ0n) is 17.1. The summed E-state index contributed by atoms with van der Waals surface area (Å²) in [5, 5.41) is 0.619. The van der Waals surface area contributed by atoms with Crippen molar-refractivity contribution in [3.8, 4) is 11.1 Å². The maximum absolute atomic E-state index is 12.3. The van der Waals surface area contributed by atoms with Crippen LogP contribution in [0.25, 0.3) is 22.1 Å². The average molecular weight is 375 g/mol. The number of hydrogen-bond acceptors (Lipinski definition) is 2. The number of fused-ring (bicyclic) bond motifs is 1. The molecule has 0 aliphatic heterocycles. The predicted octanol–water partition coefficient (Wildman–Crippen LogP) is 8.84. The number of benzene rings is 2. The van der Waals surface area contributed by atoms with E-state index in [1.165, 1.54) is 6.26 Å². The first-order valence-electron chi connectivity index (χ1n) is 9.42. The van der Waals surface area contributed by atoms with Gasteiger partial charge in [-0.3, -0.25) is 4.79 Å². The Hall–Kier alpha value is -2.35. The van der Waals surface area contributed by atoms with Crippen molar-refractivity contribution in [3.05, 3.63) is 71.1 Å². The minimum Gasteiger partial charge on any atom is -0.463 e. The second-order valence-electron chi connectivity index (χ2n) is 3.84. The van der Waals surface area contributed by atoms with Crippen molar-refractivity contribution in [2.75, 3.05) is 0 Å². The molecule has 0 bridgehead atoms. The Balaban J connectivity index is -0.000000237. The van der Waals surface area contributed by atoms with E-state index in [4.69, 9.17) is 4.42 Å². The van der Waals surface area contributed by atoms with Gasteiger partial charge in [-0.05, 0) is 17.7 Å².